The third kappa shape index (κ3) is 4.73. The number of morpholine rings is 1. The number of ether oxygens (including phenoxy) is 3. The van der Waals surface area contributed by atoms with E-state index in [4.69, 9.17) is 14.2 Å². The Morgan fingerprint density at radius 2 is 1.97 bits per heavy atom. The molecule has 5 unspecified atom stereocenters. The standard InChI is InChI=1S/C30H42N2O6/c1-30-11-8-24-23-5-3-22(18-20(23)2-4-25(24)26(30)6-7-27(30)37-17-15-33)38-29(35)31-12-9-21(10-13-31)32-14-16-36-19-28(32)34/h3,5,18,21,24-27,33H,2,4,6-17,19H2,1H3. The molecule has 1 N–H and O–H groups in total. The number of hydrogen-bond donors (Lipinski definition) is 1. The van der Waals surface area contributed by atoms with Crippen LogP contribution in [0.5, 0.6) is 5.75 Å². The molecule has 3 aliphatic carbocycles. The molecular formula is C30H42N2O6. The van der Waals surface area contributed by atoms with Gasteiger partial charge in [-0.2, -0.15) is 0 Å². The molecule has 2 aliphatic heterocycles. The maximum absolute atomic E-state index is 13.0. The second-order valence-corrected chi connectivity index (χ2v) is 12.2. The molecule has 38 heavy (non-hydrogen) atoms. The summed E-state index contributed by atoms with van der Waals surface area (Å²) in [6, 6.07) is 6.47. The van der Waals surface area contributed by atoms with Gasteiger partial charge in [-0.3, -0.25) is 4.79 Å². The first-order chi connectivity index (χ1) is 18.5. The molecule has 0 radical (unpaired) electrons. The quantitative estimate of drug-likeness (QED) is 0.629. The molecule has 1 aromatic carbocycles. The van der Waals surface area contributed by atoms with Crippen molar-refractivity contribution in [2.24, 2.45) is 17.3 Å². The number of carbonyl (C=O) groups is 2. The van der Waals surface area contributed by atoms with Crippen molar-refractivity contribution in [1.29, 1.82) is 0 Å². The summed E-state index contributed by atoms with van der Waals surface area (Å²) in [5.41, 5.74) is 2.99. The Balaban J connectivity index is 1.06. The van der Waals surface area contributed by atoms with E-state index >= 15 is 0 Å². The van der Waals surface area contributed by atoms with E-state index in [2.05, 4.69) is 19.1 Å². The molecule has 2 heterocycles. The van der Waals surface area contributed by atoms with E-state index in [0.29, 0.717) is 56.4 Å². The van der Waals surface area contributed by atoms with Crippen molar-refractivity contribution in [2.75, 3.05) is 46.1 Å². The average Bonchev–Trinajstić information content (AvgIpc) is 3.28. The van der Waals surface area contributed by atoms with Crippen molar-refractivity contribution >= 4 is 12.0 Å². The minimum absolute atomic E-state index is 0.0546. The fraction of sp³-hybridized carbons (Fsp3) is 0.733. The SMILES string of the molecule is CC12CCC3c4ccc(OC(=O)N5CCC(N6CCOCC6=O)CC5)cc4CCC3C1CCC2OCCO. The van der Waals surface area contributed by atoms with Crippen molar-refractivity contribution in [2.45, 2.75) is 76.4 Å². The number of amides is 2. The van der Waals surface area contributed by atoms with Crippen LogP contribution in [0.2, 0.25) is 0 Å². The fourth-order valence-corrected chi connectivity index (χ4v) is 8.48. The Labute approximate surface area is 225 Å². The van der Waals surface area contributed by atoms with E-state index < -0.39 is 0 Å². The second-order valence-electron chi connectivity index (χ2n) is 12.2. The number of aryl methyl sites for hydroxylation is 1. The summed E-state index contributed by atoms with van der Waals surface area (Å²) in [6.45, 7) is 5.56. The predicted molar refractivity (Wildman–Crippen MR) is 141 cm³/mol. The molecule has 5 aliphatic rings. The van der Waals surface area contributed by atoms with Gasteiger partial charge in [0.1, 0.15) is 12.4 Å². The number of benzene rings is 1. The monoisotopic (exact) mass is 526 g/mol. The van der Waals surface area contributed by atoms with Gasteiger partial charge in [0.05, 0.1) is 25.9 Å². The highest BCUT2D eigenvalue weighted by atomic mass is 16.6. The van der Waals surface area contributed by atoms with Crippen molar-refractivity contribution in [3.8, 4) is 5.75 Å². The number of nitrogens with zero attached hydrogens (tertiary/aromatic N) is 2. The van der Waals surface area contributed by atoms with E-state index in [-0.39, 0.29) is 42.8 Å². The summed E-state index contributed by atoms with van der Waals surface area (Å²) >= 11 is 0. The lowest BCUT2D eigenvalue weighted by atomic mass is 9.55. The fourth-order valence-electron chi connectivity index (χ4n) is 8.48. The number of hydrogen-bond acceptors (Lipinski definition) is 6. The molecule has 2 saturated heterocycles. The maximum Gasteiger partial charge on any atom is 0.415 e. The summed E-state index contributed by atoms with van der Waals surface area (Å²) < 4.78 is 17.2. The van der Waals surface area contributed by atoms with Gasteiger partial charge in [-0.1, -0.05) is 13.0 Å². The van der Waals surface area contributed by atoms with Crippen LogP contribution < -0.4 is 4.74 Å². The molecule has 208 valence electrons. The highest BCUT2D eigenvalue weighted by Crippen LogP contribution is 2.61. The first-order valence-corrected chi connectivity index (χ1v) is 14.7. The van der Waals surface area contributed by atoms with Crippen molar-refractivity contribution in [1.82, 2.24) is 9.80 Å². The molecule has 0 bridgehead atoms. The lowest BCUT2D eigenvalue weighted by Crippen LogP contribution is -2.52. The zero-order valence-corrected chi connectivity index (χ0v) is 22.6. The molecule has 4 fully saturated rings. The normalized spacial score (nSPS) is 33.5. The molecular weight excluding hydrogens is 484 g/mol. The Bertz CT molecular complexity index is 1040. The number of fused-ring (bicyclic) bond motifs is 5. The number of aliphatic hydroxyl groups is 1. The minimum atomic E-state index is -0.293. The van der Waals surface area contributed by atoms with Gasteiger partial charge in [0, 0.05) is 25.7 Å². The van der Waals surface area contributed by atoms with E-state index in [1.165, 1.54) is 30.4 Å². The van der Waals surface area contributed by atoms with Crippen LogP contribution in [0, 0.1) is 17.3 Å². The van der Waals surface area contributed by atoms with Crippen LogP contribution in [0.1, 0.15) is 68.9 Å². The van der Waals surface area contributed by atoms with E-state index in [1.807, 2.05) is 11.0 Å². The number of rotatable bonds is 5. The van der Waals surface area contributed by atoms with Crippen LogP contribution >= 0.6 is 0 Å². The number of carbonyl (C=O) groups excluding carboxylic acids is 2. The molecule has 8 nitrogen and oxygen atoms in total. The molecule has 6 rings (SSSR count). The lowest BCUT2D eigenvalue weighted by molar-refractivity contribution is -0.146. The smallest absolute Gasteiger partial charge is 0.410 e. The molecule has 2 saturated carbocycles. The van der Waals surface area contributed by atoms with Gasteiger partial charge in [0.2, 0.25) is 5.91 Å². The lowest BCUT2D eigenvalue weighted by Gasteiger charge is -2.50. The summed E-state index contributed by atoms with van der Waals surface area (Å²) in [5.74, 6) is 2.61. The minimum Gasteiger partial charge on any atom is -0.410 e. The summed E-state index contributed by atoms with van der Waals surface area (Å²) in [6.07, 6.45) is 8.38. The topological polar surface area (TPSA) is 88.5 Å². The maximum atomic E-state index is 13.0. The van der Waals surface area contributed by atoms with E-state index in [0.717, 1.165) is 32.1 Å². The first-order valence-electron chi connectivity index (χ1n) is 14.7. The number of aliphatic hydroxyl groups excluding tert-OH is 1. The average molecular weight is 527 g/mol. The van der Waals surface area contributed by atoms with Crippen LogP contribution in [-0.4, -0.2) is 85.1 Å². The van der Waals surface area contributed by atoms with Gasteiger partial charge in [-0.25, -0.2) is 4.79 Å². The second kappa shape index (κ2) is 10.8. The zero-order valence-electron chi connectivity index (χ0n) is 22.6. The van der Waals surface area contributed by atoms with Gasteiger partial charge < -0.3 is 29.1 Å². The molecule has 0 spiro atoms. The predicted octanol–water partition coefficient (Wildman–Crippen LogP) is 3.74. The van der Waals surface area contributed by atoms with Crippen molar-refractivity contribution in [3.05, 3.63) is 29.3 Å². The van der Waals surface area contributed by atoms with E-state index in [1.54, 1.807) is 4.90 Å². The summed E-state index contributed by atoms with van der Waals surface area (Å²) in [7, 11) is 0. The Kier molecular flexibility index (Phi) is 7.40. The Hall–Kier alpha value is -2.16. The van der Waals surface area contributed by atoms with Gasteiger partial charge in [-0.05, 0) is 97.8 Å². The largest absolute Gasteiger partial charge is 0.415 e. The van der Waals surface area contributed by atoms with Gasteiger partial charge >= 0.3 is 6.09 Å². The van der Waals surface area contributed by atoms with Crippen LogP contribution in [0.25, 0.3) is 0 Å². The van der Waals surface area contributed by atoms with Crippen LogP contribution in [0.15, 0.2) is 18.2 Å². The van der Waals surface area contributed by atoms with E-state index in [9.17, 15) is 14.7 Å². The molecule has 8 heteroatoms. The molecule has 0 aromatic heterocycles. The van der Waals surface area contributed by atoms with Gasteiger partial charge in [-0.15, -0.1) is 0 Å². The molecule has 5 atom stereocenters. The highest BCUT2D eigenvalue weighted by Gasteiger charge is 2.55. The van der Waals surface area contributed by atoms with Gasteiger partial charge in [0.15, 0.2) is 0 Å². The summed E-state index contributed by atoms with van der Waals surface area (Å²) in [4.78, 5) is 28.8. The highest BCUT2D eigenvalue weighted by molar-refractivity contribution is 5.78. The Morgan fingerprint density at radius 1 is 1.13 bits per heavy atom. The van der Waals surface area contributed by atoms with Crippen molar-refractivity contribution in [3.63, 3.8) is 0 Å². The summed E-state index contributed by atoms with van der Waals surface area (Å²) in [5, 5.41) is 9.25. The third-order valence-electron chi connectivity index (χ3n) is 10.4. The molecule has 2 amide bonds. The van der Waals surface area contributed by atoms with Crippen LogP contribution in [0.4, 0.5) is 4.79 Å². The first kappa shape index (κ1) is 26.1. The number of piperidine rings is 1. The van der Waals surface area contributed by atoms with Crippen LogP contribution in [0.3, 0.4) is 0 Å². The molecule has 1 aromatic rings. The van der Waals surface area contributed by atoms with Gasteiger partial charge in [0.25, 0.3) is 0 Å². The third-order valence-corrected chi connectivity index (χ3v) is 10.4. The Morgan fingerprint density at radius 3 is 2.76 bits per heavy atom. The number of likely N-dealkylation sites (tertiary alicyclic amines) is 1. The zero-order chi connectivity index (χ0) is 26.3. The van der Waals surface area contributed by atoms with Crippen molar-refractivity contribution < 1.29 is 28.9 Å². The van der Waals surface area contributed by atoms with Crippen LogP contribution in [-0.2, 0) is 20.7 Å².